The molecule has 0 unspecified atom stereocenters. The van der Waals surface area contributed by atoms with E-state index in [9.17, 15) is 19.2 Å². The molecule has 136 valence electrons. The number of hydrogen-bond acceptors (Lipinski definition) is 5. The molecule has 1 aromatic carbocycles. The SMILES string of the molecule is CCNC(=O)NC(=O)[C@H](OC(=O)c1cc(C(C)=O)c[nH]1)c1ccccc1. The van der Waals surface area contributed by atoms with Crippen molar-refractivity contribution in [2.75, 3.05) is 6.54 Å². The van der Waals surface area contributed by atoms with Gasteiger partial charge in [-0.25, -0.2) is 9.59 Å². The lowest BCUT2D eigenvalue weighted by Gasteiger charge is -2.17. The summed E-state index contributed by atoms with van der Waals surface area (Å²) in [5.74, 6) is -1.82. The molecular weight excluding hydrogens is 338 g/mol. The lowest BCUT2D eigenvalue weighted by Crippen LogP contribution is -2.42. The monoisotopic (exact) mass is 357 g/mol. The molecule has 0 fully saturated rings. The molecule has 2 aromatic rings. The molecule has 0 radical (unpaired) electrons. The van der Waals surface area contributed by atoms with Crippen LogP contribution in [0, 0.1) is 0 Å². The molecule has 3 N–H and O–H groups in total. The van der Waals surface area contributed by atoms with E-state index in [1.807, 2.05) is 0 Å². The van der Waals surface area contributed by atoms with Crippen LogP contribution in [0.3, 0.4) is 0 Å². The second kappa shape index (κ2) is 8.61. The van der Waals surface area contributed by atoms with Gasteiger partial charge in [-0.05, 0) is 19.9 Å². The van der Waals surface area contributed by atoms with Gasteiger partial charge in [0.1, 0.15) is 5.69 Å². The molecule has 0 spiro atoms. The maximum atomic E-state index is 12.4. The van der Waals surface area contributed by atoms with Crippen LogP contribution in [0.5, 0.6) is 0 Å². The van der Waals surface area contributed by atoms with Gasteiger partial charge in [0.15, 0.2) is 5.78 Å². The number of rotatable bonds is 6. The lowest BCUT2D eigenvalue weighted by atomic mass is 10.1. The third kappa shape index (κ3) is 4.79. The quantitative estimate of drug-likeness (QED) is 0.540. The molecular formula is C18H19N3O5. The Kier molecular flexibility index (Phi) is 6.26. The minimum absolute atomic E-state index is 0.0296. The summed E-state index contributed by atoms with van der Waals surface area (Å²) in [6.07, 6.45) is 0.0565. The molecule has 0 aliphatic rings. The number of carbonyl (C=O) groups is 4. The molecule has 0 aliphatic heterocycles. The highest BCUT2D eigenvalue weighted by molar-refractivity contribution is 6.00. The Balaban J connectivity index is 2.20. The minimum atomic E-state index is -1.32. The number of nitrogens with one attached hydrogen (secondary N) is 3. The fourth-order valence-corrected chi connectivity index (χ4v) is 2.17. The van der Waals surface area contributed by atoms with Crippen LogP contribution >= 0.6 is 0 Å². The number of urea groups is 1. The van der Waals surface area contributed by atoms with Crippen LogP contribution in [-0.2, 0) is 9.53 Å². The van der Waals surface area contributed by atoms with E-state index in [4.69, 9.17) is 4.74 Å². The van der Waals surface area contributed by atoms with E-state index in [2.05, 4.69) is 15.6 Å². The summed E-state index contributed by atoms with van der Waals surface area (Å²) in [6, 6.07) is 8.96. The molecule has 1 heterocycles. The first-order valence-electron chi connectivity index (χ1n) is 7.96. The number of esters is 1. The van der Waals surface area contributed by atoms with Gasteiger partial charge in [0.2, 0.25) is 6.10 Å². The van der Waals surface area contributed by atoms with Crippen LogP contribution in [0.1, 0.15) is 46.4 Å². The van der Waals surface area contributed by atoms with Crippen LogP contribution in [0.2, 0.25) is 0 Å². The Bertz CT molecular complexity index is 813. The third-order valence-electron chi connectivity index (χ3n) is 3.45. The number of aromatic amines is 1. The van der Waals surface area contributed by atoms with Crippen molar-refractivity contribution in [2.24, 2.45) is 0 Å². The normalized spacial score (nSPS) is 11.3. The van der Waals surface area contributed by atoms with E-state index in [0.29, 0.717) is 17.7 Å². The van der Waals surface area contributed by atoms with Crippen LogP contribution < -0.4 is 10.6 Å². The molecule has 0 bridgehead atoms. The standard InChI is InChI=1S/C18H19N3O5/c1-3-19-18(25)21-16(23)15(12-7-5-4-6-8-12)26-17(24)14-9-13(10-20-14)11(2)22/h4-10,15,20H,3H2,1-2H3,(H2,19,21,23,25)/t15-/m1/s1. The minimum Gasteiger partial charge on any atom is -0.443 e. The van der Waals surface area contributed by atoms with Gasteiger partial charge in [0, 0.05) is 23.9 Å². The molecule has 3 amide bonds. The zero-order valence-electron chi connectivity index (χ0n) is 14.4. The number of carbonyl (C=O) groups excluding carboxylic acids is 4. The summed E-state index contributed by atoms with van der Waals surface area (Å²) in [5.41, 5.74) is 0.753. The fraction of sp³-hybridized carbons (Fsp3) is 0.222. The number of ketones is 1. The fourth-order valence-electron chi connectivity index (χ4n) is 2.17. The van der Waals surface area contributed by atoms with Crippen LogP contribution in [-0.4, -0.2) is 35.2 Å². The van der Waals surface area contributed by atoms with Crippen molar-refractivity contribution in [1.29, 1.82) is 0 Å². The zero-order valence-corrected chi connectivity index (χ0v) is 14.4. The van der Waals surface area contributed by atoms with E-state index in [0.717, 1.165) is 0 Å². The van der Waals surface area contributed by atoms with Crippen molar-refractivity contribution < 1.29 is 23.9 Å². The molecule has 2 rings (SSSR count). The van der Waals surface area contributed by atoms with Gasteiger partial charge in [-0.3, -0.25) is 14.9 Å². The molecule has 1 aromatic heterocycles. The van der Waals surface area contributed by atoms with E-state index < -0.39 is 24.0 Å². The summed E-state index contributed by atoms with van der Waals surface area (Å²) in [6.45, 7) is 3.41. The summed E-state index contributed by atoms with van der Waals surface area (Å²) in [7, 11) is 0. The number of H-pyrrole nitrogens is 1. The highest BCUT2D eigenvalue weighted by Crippen LogP contribution is 2.19. The highest BCUT2D eigenvalue weighted by atomic mass is 16.5. The van der Waals surface area contributed by atoms with Crippen LogP contribution in [0.4, 0.5) is 4.79 Å². The van der Waals surface area contributed by atoms with Crippen molar-refractivity contribution in [3.8, 4) is 0 Å². The second-order valence-corrected chi connectivity index (χ2v) is 5.40. The van der Waals surface area contributed by atoms with Crippen molar-refractivity contribution in [2.45, 2.75) is 20.0 Å². The Hall–Kier alpha value is -3.42. The molecule has 0 saturated carbocycles. The lowest BCUT2D eigenvalue weighted by molar-refractivity contribution is -0.129. The van der Waals surface area contributed by atoms with E-state index in [1.54, 1.807) is 37.3 Å². The summed E-state index contributed by atoms with van der Waals surface area (Å²) >= 11 is 0. The smallest absolute Gasteiger partial charge is 0.355 e. The van der Waals surface area contributed by atoms with Gasteiger partial charge >= 0.3 is 12.0 Å². The van der Waals surface area contributed by atoms with Crippen molar-refractivity contribution in [1.82, 2.24) is 15.6 Å². The average Bonchev–Trinajstić information content (AvgIpc) is 3.11. The van der Waals surface area contributed by atoms with E-state index in [1.165, 1.54) is 19.2 Å². The summed E-state index contributed by atoms with van der Waals surface area (Å²) < 4.78 is 5.28. The zero-order chi connectivity index (χ0) is 19.1. The summed E-state index contributed by atoms with van der Waals surface area (Å²) in [5, 5.41) is 4.56. The number of hydrogen-bond donors (Lipinski definition) is 3. The number of Topliss-reactive ketones (excluding diaryl/α,β-unsaturated/α-hetero) is 1. The Morgan fingerprint density at radius 2 is 1.85 bits per heavy atom. The van der Waals surface area contributed by atoms with Crippen molar-refractivity contribution >= 4 is 23.7 Å². The van der Waals surface area contributed by atoms with Gasteiger partial charge in [-0.1, -0.05) is 30.3 Å². The molecule has 0 aliphatic carbocycles. The predicted molar refractivity (Wildman–Crippen MR) is 92.6 cm³/mol. The highest BCUT2D eigenvalue weighted by Gasteiger charge is 2.27. The average molecular weight is 357 g/mol. The van der Waals surface area contributed by atoms with E-state index in [-0.39, 0.29) is 11.5 Å². The maximum Gasteiger partial charge on any atom is 0.355 e. The Morgan fingerprint density at radius 3 is 2.42 bits per heavy atom. The first-order chi connectivity index (χ1) is 12.4. The van der Waals surface area contributed by atoms with Crippen LogP contribution in [0.15, 0.2) is 42.6 Å². The number of ether oxygens (including phenoxy) is 1. The molecule has 0 saturated heterocycles. The largest absolute Gasteiger partial charge is 0.443 e. The topological polar surface area (TPSA) is 117 Å². The third-order valence-corrected chi connectivity index (χ3v) is 3.45. The van der Waals surface area contributed by atoms with Gasteiger partial charge in [-0.15, -0.1) is 0 Å². The molecule has 8 nitrogen and oxygen atoms in total. The number of imide groups is 1. The van der Waals surface area contributed by atoms with Gasteiger partial charge < -0.3 is 15.0 Å². The van der Waals surface area contributed by atoms with Gasteiger partial charge in [-0.2, -0.15) is 0 Å². The predicted octanol–water partition coefficient (Wildman–Crippen LogP) is 1.96. The van der Waals surface area contributed by atoms with Crippen molar-refractivity contribution in [3.05, 3.63) is 59.4 Å². The first kappa shape index (κ1) is 18.9. The Labute approximate surface area is 149 Å². The number of aromatic nitrogens is 1. The summed E-state index contributed by atoms with van der Waals surface area (Å²) in [4.78, 5) is 50.3. The van der Waals surface area contributed by atoms with Gasteiger partial charge in [0.25, 0.3) is 5.91 Å². The molecule has 26 heavy (non-hydrogen) atoms. The number of amides is 3. The number of benzene rings is 1. The van der Waals surface area contributed by atoms with Crippen molar-refractivity contribution in [3.63, 3.8) is 0 Å². The van der Waals surface area contributed by atoms with E-state index >= 15 is 0 Å². The molecule has 1 atom stereocenters. The Morgan fingerprint density at radius 1 is 1.15 bits per heavy atom. The second-order valence-electron chi connectivity index (χ2n) is 5.40. The molecule has 8 heteroatoms. The van der Waals surface area contributed by atoms with Gasteiger partial charge in [0.05, 0.1) is 0 Å². The maximum absolute atomic E-state index is 12.4. The first-order valence-corrected chi connectivity index (χ1v) is 7.96. The van der Waals surface area contributed by atoms with Crippen LogP contribution in [0.25, 0.3) is 0 Å².